The molecule has 0 saturated heterocycles. The summed E-state index contributed by atoms with van der Waals surface area (Å²) in [5.74, 6) is 1.87. The highest BCUT2D eigenvalue weighted by Crippen LogP contribution is 2.31. The largest absolute Gasteiger partial charge is 0.481 e. The number of hydrogen-bond acceptors (Lipinski definition) is 5. The monoisotopic (exact) mass is 362 g/mol. The third kappa shape index (κ3) is 3.30. The summed E-state index contributed by atoms with van der Waals surface area (Å²) < 4.78 is 5.86. The Labute approximate surface area is 158 Å². The van der Waals surface area contributed by atoms with Gasteiger partial charge in [-0.2, -0.15) is 0 Å². The average Bonchev–Trinajstić information content (AvgIpc) is 2.68. The minimum atomic E-state index is -0.614. The Morgan fingerprint density at radius 3 is 2.30 bits per heavy atom. The molecule has 1 aliphatic heterocycles. The minimum Gasteiger partial charge on any atom is -0.481 e. The number of carbonyl (C=O) groups excluding carboxylic acids is 1. The Bertz CT molecular complexity index is 987. The van der Waals surface area contributed by atoms with Gasteiger partial charge >= 0.3 is 0 Å². The van der Waals surface area contributed by atoms with Gasteiger partial charge in [0.1, 0.15) is 5.75 Å². The van der Waals surface area contributed by atoms with Gasteiger partial charge in [0.05, 0.1) is 11.0 Å². The number of anilines is 2. The summed E-state index contributed by atoms with van der Waals surface area (Å²) in [4.78, 5) is 26.2. The molecule has 1 aliphatic rings. The zero-order valence-electron chi connectivity index (χ0n) is 15.7. The van der Waals surface area contributed by atoms with Crippen molar-refractivity contribution in [2.45, 2.75) is 20.0 Å². The molecule has 2 heterocycles. The molecular formula is C21H22N4O2. The standard InChI is InChI=1S/C21H22N4O2/c1-14-8-10-16(11-9-14)27-15(2)21(26)25-13-12-24(3)19-20(25)23-18-7-5-4-6-17(18)22-19/h4-11,15H,12-13H2,1-3H3/t15-/m0/s1. The molecule has 6 heteroatoms. The van der Waals surface area contributed by atoms with Crippen LogP contribution in [0.5, 0.6) is 5.75 Å². The Morgan fingerprint density at radius 2 is 1.63 bits per heavy atom. The van der Waals surface area contributed by atoms with Gasteiger partial charge in [0, 0.05) is 20.1 Å². The molecule has 0 unspecified atom stereocenters. The molecule has 1 aromatic heterocycles. The lowest BCUT2D eigenvalue weighted by molar-refractivity contribution is -0.124. The molecule has 138 valence electrons. The van der Waals surface area contributed by atoms with Gasteiger partial charge in [-0.1, -0.05) is 29.8 Å². The number of para-hydroxylation sites is 2. The van der Waals surface area contributed by atoms with E-state index < -0.39 is 6.10 Å². The Balaban J connectivity index is 1.64. The molecule has 0 aliphatic carbocycles. The van der Waals surface area contributed by atoms with Gasteiger partial charge < -0.3 is 9.64 Å². The summed E-state index contributed by atoms with van der Waals surface area (Å²) in [5, 5.41) is 0. The van der Waals surface area contributed by atoms with Crippen molar-refractivity contribution >= 4 is 28.6 Å². The molecule has 2 aromatic carbocycles. The summed E-state index contributed by atoms with van der Waals surface area (Å²) in [7, 11) is 1.97. The van der Waals surface area contributed by atoms with Crippen LogP contribution in [0.1, 0.15) is 12.5 Å². The lowest BCUT2D eigenvalue weighted by Gasteiger charge is -2.34. The highest BCUT2D eigenvalue weighted by atomic mass is 16.5. The van der Waals surface area contributed by atoms with Crippen LogP contribution in [0.3, 0.4) is 0 Å². The first-order valence-corrected chi connectivity index (χ1v) is 9.05. The molecule has 1 atom stereocenters. The highest BCUT2D eigenvalue weighted by Gasteiger charge is 2.31. The van der Waals surface area contributed by atoms with Crippen molar-refractivity contribution in [3.05, 3.63) is 54.1 Å². The molecule has 0 spiro atoms. The van der Waals surface area contributed by atoms with Crippen LogP contribution in [0.15, 0.2) is 48.5 Å². The van der Waals surface area contributed by atoms with E-state index in [0.717, 1.165) is 22.4 Å². The van der Waals surface area contributed by atoms with Crippen molar-refractivity contribution < 1.29 is 9.53 Å². The molecule has 4 rings (SSSR count). The van der Waals surface area contributed by atoms with Crippen LogP contribution in [0, 0.1) is 6.92 Å². The van der Waals surface area contributed by atoms with Gasteiger partial charge in [0.15, 0.2) is 17.7 Å². The molecule has 0 radical (unpaired) electrons. The molecule has 0 bridgehead atoms. The smallest absolute Gasteiger partial charge is 0.269 e. The number of benzene rings is 2. The molecular weight excluding hydrogens is 340 g/mol. The maximum atomic E-state index is 13.1. The molecule has 27 heavy (non-hydrogen) atoms. The number of aryl methyl sites for hydroxylation is 1. The molecule has 0 fully saturated rings. The van der Waals surface area contributed by atoms with Gasteiger partial charge in [-0.05, 0) is 38.1 Å². The Morgan fingerprint density at radius 1 is 1.00 bits per heavy atom. The second kappa shape index (κ2) is 6.87. The molecule has 0 N–H and O–H groups in total. The van der Waals surface area contributed by atoms with Gasteiger partial charge in [-0.15, -0.1) is 0 Å². The maximum absolute atomic E-state index is 13.1. The molecule has 3 aromatic rings. The maximum Gasteiger partial charge on any atom is 0.269 e. The second-order valence-corrected chi connectivity index (χ2v) is 6.84. The fourth-order valence-electron chi connectivity index (χ4n) is 3.19. The van der Waals surface area contributed by atoms with Crippen molar-refractivity contribution in [1.29, 1.82) is 0 Å². The van der Waals surface area contributed by atoms with Crippen LogP contribution >= 0.6 is 0 Å². The second-order valence-electron chi connectivity index (χ2n) is 6.84. The van der Waals surface area contributed by atoms with E-state index in [4.69, 9.17) is 14.7 Å². The van der Waals surface area contributed by atoms with Crippen molar-refractivity contribution in [3.8, 4) is 5.75 Å². The Kier molecular flexibility index (Phi) is 4.39. The fourth-order valence-corrected chi connectivity index (χ4v) is 3.19. The topological polar surface area (TPSA) is 58.6 Å². The number of ether oxygens (including phenoxy) is 1. The lowest BCUT2D eigenvalue weighted by atomic mass is 10.2. The third-order valence-corrected chi connectivity index (χ3v) is 4.76. The van der Waals surface area contributed by atoms with Crippen LogP contribution in [0.25, 0.3) is 11.0 Å². The van der Waals surface area contributed by atoms with E-state index in [1.54, 1.807) is 11.8 Å². The Hall–Kier alpha value is -3.15. The van der Waals surface area contributed by atoms with E-state index in [9.17, 15) is 4.79 Å². The third-order valence-electron chi connectivity index (χ3n) is 4.76. The van der Waals surface area contributed by atoms with Crippen LogP contribution < -0.4 is 14.5 Å². The first-order chi connectivity index (χ1) is 13.0. The van der Waals surface area contributed by atoms with Crippen molar-refractivity contribution in [1.82, 2.24) is 9.97 Å². The van der Waals surface area contributed by atoms with Crippen LogP contribution in [-0.2, 0) is 4.79 Å². The number of nitrogens with zero attached hydrogens (tertiary/aromatic N) is 4. The van der Waals surface area contributed by atoms with E-state index >= 15 is 0 Å². The number of rotatable bonds is 3. The quantitative estimate of drug-likeness (QED) is 0.716. The van der Waals surface area contributed by atoms with E-state index in [1.165, 1.54) is 0 Å². The predicted molar refractivity (Wildman–Crippen MR) is 106 cm³/mol. The van der Waals surface area contributed by atoms with Gasteiger partial charge in [0.2, 0.25) is 0 Å². The highest BCUT2D eigenvalue weighted by molar-refractivity contribution is 5.99. The summed E-state index contributed by atoms with van der Waals surface area (Å²) in [6, 6.07) is 15.4. The normalized spacial score (nSPS) is 14.8. The summed E-state index contributed by atoms with van der Waals surface area (Å²) >= 11 is 0. The number of carbonyl (C=O) groups is 1. The van der Waals surface area contributed by atoms with E-state index in [-0.39, 0.29) is 5.91 Å². The zero-order valence-corrected chi connectivity index (χ0v) is 15.7. The van der Waals surface area contributed by atoms with Gasteiger partial charge in [-0.3, -0.25) is 9.69 Å². The predicted octanol–water partition coefficient (Wildman–Crippen LogP) is 3.19. The number of amides is 1. The SMILES string of the molecule is Cc1ccc(O[C@@H](C)C(=O)N2CCN(C)c3nc4ccccc4nc32)cc1. The van der Waals surface area contributed by atoms with Crippen LogP contribution in [0.4, 0.5) is 11.6 Å². The average molecular weight is 362 g/mol. The molecule has 0 saturated carbocycles. The van der Waals surface area contributed by atoms with Gasteiger partial charge in [-0.25, -0.2) is 9.97 Å². The number of likely N-dealkylation sites (N-methyl/N-ethyl adjacent to an activating group) is 1. The van der Waals surface area contributed by atoms with Crippen molar-refractivity contribution in [3.63, 3.8) is 0 Å². The summed E-state index contributed by atoms with van der Waals surface area (Å²) in [6.07, 6.45) is -0.614. The van der Waals surface area contributed by atoms with Crippen molar-refractivity contribution in [2.24, 2.45) is 0 Å². The first kappa shape index (κ1) is 17.3. The van der Waals surface area contributed by atoms with Crippen LogP contribution in [0.2, 0.25) is 0 Å². The van der Waals surface area contributed by atoms with Crippen LogP contribution in [-0.4, -0.2) is 42.1 Å². The summed E-state index contributed by atoms with van der Waals surface area (Å²) in [6.45, 7) is 5.04. The minimum absolute atomic E-state index is 0.116. The summed E-state index contributed by atoms with van der Waals surface area (Å²) in [5.41, 5.74) is 2.74. The first-order valence-electron chi connectivity index (χ1n) is 9.05. The lowest BCUT2D eigenvalue weighted by Crippen LogP contribution is -2.48. The molecule has 6 nitrogen and oxygen atoms in total. The zero-order chi connectivity index (χ0) is 19.0. The van der Waals surface area contributed by atoms with Gasteiger partial charge in [0.25, 0.3) is 5.91 Å². The van der Waals surface area contributed by atoms with E-state index in [2.05, 4.69) is 0 Å². The number of fused-ring (bicyclic) bond motifs is 2. The van der Waals surface area contributed by atoms with Crippen molar-refractivity contribution in [2.75, 3.05) is 29.9 Å². The fraction of sp³-hybridized carbons (Fsp3) is 0.286. The number of hydrogen-bond donors (Lipinski definition) is 0. The molecule has 1 amide bonds. The number of aromatic nitrogens is 2. The van der Waals surface area contributed by atoms with E-state index in [0.29, 0.717) is 24.7 Å². The van der Waals surface area contributed by atoms with E-state index in [1.807, 2.05) is 67.4 Å².